The molecule has 15 nitrogen and oxygen atoms in total. The number of carbonyl (C=O) groups excluding carboxylic acids is 1. The molecule has 0 saturated carbocycles. The summed E-state index contributed by atoms with van der Waals surface area (Å²) in [5, 5.41) is -0.186. The molecule has 2 aliphatic heterocycles. The van der Waals surface area contributed by atoms with E-state index in [0.29, 0.717) is 0 Å². The van der Waals surface area contributed by atoms with Crippen LogP contribution in [0.2, 0.25) is 36.3 Å². The number of aromatic amines is 2. The molecule has 2 fully saturated rings. The second-order valence-corrected chi connectivity index (χ2v) is 25.1. The van der Waals surface area contributed by atoms with Gasteiger partial charge in [0.05, 0.1) is 13.2 Å². The van der Waals surface area contributed by atoms with E-state index in [1.54, 1.807) is 0 Å². The smallest absolute Gasteiger partial charge is 0.428 e. The van der Waals surface area contributed by atoms with Gasteiger partial charge in [0.1, 0.15) is 36.9 Å². The van der Waals surface area contributed by atoms with Gasteiger partial charge in [-0.1, -0.05) is 41.5 Å². The summed E-state index contributed by atoms with van der Waals surface area (Å²) in [6.45, 7) is 21.2. The summed E-state index contributed by atoms with van der Waals surface area (Å²) in [6.07, 6.45) is -2.98. The largest absolute Gasteiger partial charge is 0.509 e. The maximum atomic E-state index is 13.4. The SMILES string of the molecule is CC(C)(C)[Si](C)(C)OC[C@H]1O[C@@H](n2ccc(=O)[nH]c2=O)C[C@@H]1OC(=O)O[C@H]1C[C@H](n2ccc(=O)[nH]c2=O)O[C@@H]1CO[Si](C)(C)C(C)(C)C. The predicted molar refractivity (Wildman–Crippen MR) is 181 cm³/mol. The topological polar surface area (TPSA) is 182 Å². The van der Waals surface area contributed by atoms with Gasteiger partial charge in [-0.05, 0) is 36.3 Å². The number of hydrogen-bond acceptors (Lipinski definition) is 11. The third-order valence-corrected chi connectivity index (χ3v) is 19.0. The number of ether oxygens (including phenoxy) is 4. The van der Waals surface area contributed by atoms with Gasteiger partial charge in [0.15, 0.2) is 16.6 Å². The molecule has 17 heteroatoms. The monoisotopic (exact) mass is 710 g/mol. The molecule has 268 valence electrons. The number of nitrogens with one attached hydrogen (secondary N) is 2. The summed E-state index contributed by atoms with van der Waals surface area (Å²) in [5.74, 6) is 0. The fraction of sp³-hybridized carbons (Fsp3) is 0.710. The van der Waals surface area contributed by atoms with Gasteiger partial charge < -0.3 is 27.8 Å². The van der Waals surface area contributed by atoms with E-state index in [0.717, 1.165) is 0 Å². The summed E-state index contributed by atoms with van der Waals surface area (Å²) in [4.78, 5) is 66.3. The average Bonchev–Trinajstić information content (AvgIpc) is 3.53. The van der Waals surface area contributed by atoms with Crippen LogP contribution in [0.4, 0.5) is 4.79 Å². The summed E-state index contributed by atoms with van der Waals surface area (Å²) < 4.78 is 39.3. The van der Waals surface area contributed by atoms with Crippen LogP contribution in [0.1, 0.15) is 66.8 Å². The molecule has 2 aliphatic rings. The Morgan fingerprint density at radius 1 is 0.729 bits per heavy atom. The zero-order valence-corrected chi connectivity index (χ0v) is 31.5. The number of H-pyrrole nitrogens is 2. The van der Waals surface area contributed by atoms with E-state index >= 15 is 0 Å². The van der Waals surface area contributed by atoms with Gasteiger partial charge in [-0.25, -0.2) is 14.4 Å². The Labute approximate surface area is 281 Å². The van der Waals surface area contributed by atoms with Crippen LogP contribution in [0, 0.1) is 0 Å². The molecule has 2 aromatic rings. The van der Waals surface area contributed by atoms with E-state index < -0.39 is 82.2 Å². The van der Waals surface area contributed by atoms with Gasteiger partial charge in [0.25, 0.3) is 11.1 Å². The Morgan fingerprint density at radius 3 is 1.40 bits per heavy atom. The van der Waals surface area contributed by atoms with Crippen LogP contribution < -0.4 is 22.5 Å². The zero-order valence-electron chi connectivity index (χ0n) is 29.5. The standard InChI is InChI=1S/C31H50N4O11Si2/c1-30(2,3)47(7,8)41-17-21-19(15-25(43-21)34-13-11-23(36)32-27(34)38)45-29(40)46-20-16-26(35-14-12-24(37)33-28(35)39)44-22(20)18-42-48(9,10)31(4,5)6/h11-14,19-22,25-26H,15-18H2,1-10H3,(H,32,36,38)(H,33,37,39)/t19-,20-,21+,22+,25+,26+/m0/s1. The lowest BCUT2D eigenvalue weighted by atomic mass is 10.2. The van der Waals surface area contributed by atoms with Crippen molar-refractivity contribution in [2.24, 2.45) is 0 Å². The number of carbonyl (C=O) groups is 1. The Balaban J connectivity index is 1.53. The normalized spacial score (nSPS) is 25.3. The molecule has 0 aliphatic carbocycles. The van der Waals surface area contributed by atoms with Crippen molar-refractivity contribution >= 4 is 22.8 Å². The summed E-state index contributed by atoms with van der Waals surface area (Å²) in [7, 11) is -4.46. The van der Waals surface area contributed by atoms with Crippen molar-refractivity contribution in [3.8, 4) is 0 Å². The lowest BCUT2D eigenvalue weighted by Crippen LogP contribution is -2.45. The van der Waals surface area contributed by atoms with Gasteiger partial charge in [-0.3, -0.25) is 28.7 Å². The van der Waals surface area contributed by atoms with Crippen molar-refractivity contribution in [1.82, 2.24) is 19.1 Å². The maximum Gasteiger partial charge on any atom is 0.509 e. The third-order valence-electron chi connectivity index (χ3n) is 10.0. The third kappa shape index (κ3) is 8.73. The van der Waals surface area contributed by atoms with Crippen LogP contribution in [0.15, 0.2) is 43.7 Å². The molecule has 0 spiro atoms. The molecule has 4 heterocycles. The van der Waals surface area contributed by atoms with Gasteiger partial charge >= 0.3 is 17.5 Å². The molecule has 0 aromatic carbocycles. The minimum Gasteiger partial charge on any atom is -0.428 e. The molecule has 48 heavy (non-hydrogen) atoms. The highest BCUT2D eigenvalue weighted by molar-refractivity contribution is 6.74. The quantitative estimate of drug-likeness (QED) is 0.272. The lowest BCUT2D eigenvalue weighted by Gasteiger charge is -2.37. The van der Waals surface area contributed by atoms with Crippen molar-refractivity contribution in [1.29, 1.82) is 0 Å². The molecular weight excluding hydrogens is 661 g/mol. The zero-order chi connectivity index (χ0) is 35.8. The minimum absolute atomic E-state index is 0.0929. The number of hydrogen-bond donors (Lipinski definition) is 2. The Morgan fingerprint density at radius 2 is 1.08 bits per heavy atom. The Bertz CT molecular complexity index is 1560. The van der Waals surface area contributed by atoms with Crippen molar-refractivity contribution in [2.75, 3.05) is 13.2 Å². The highest BCUT2D eigenvalue weighted by Crippen LogP contribution is 2.40. The first kappa shape index (κ1) is 37.7. The first-order chi connectivity index (χ1) is 22.1. The van der Waals surface area contributed by atoms with Crippen LogP contribution in [0.25, 0.3) is 0 Å². The molecule has 0 unspecified atom stereocenters. The number of aromatic nitrogens is 4. The molecule has 4 rings (SSSR count). The van der Waals surface area contributed by atoms with Crippen molar-refractivity contribution < 1.29 is 32.6 Å². The fourth-order valence-corrected chi connectivity index (χ4v) is 6.92. The second kappa shape index (κ2) is 14.0. The summed E-state index contributed by atoms with van der Waals surface area (Å²) in [6, 6.07) is 2.43. The van der Waals surface area contributed by atoms with E-state index in [4.69, 9.17) is 27.8 Å². The van der Waals surface area contributed by atoms with Crippen LogP contribution in [-0.4, -0.2) is 79.5 Å². The van der Waals surface area contributed by atoms with E-state index in [-0.39, 0.29) is 36.1 Å². The molecular formula is C31H50N4O11Si2. The van der Waals surface area contributed by atoms with Gasteiger partial charge in [-0.15, -0.1) is 0 Å². The maximum absolute atomic E-state index is 13.4. The van der Waals surface area contributed by atoms with E-state index in [1.165, 1.54) is 33.7 Å². The van der Waals surface area contributed by atoms with E-state index in [1.807, 2.05) is 0 Å². The summed E-state index contributed by atoms with van der Waals surface area (Å²) >= 11 is 0. The first-order valence-corrected chi connectivity index (χ1v) is 22.0. The van der Waals surface area contributed by atoms with Crippen LogP contribution in [0.3, 0.4) is 0 Å². The molecule has 2 N–H and O–H groups in total. The number of rotatable bonds is 10. The van der Waals surface area contributed by atoms with Crippen molar-refractivity contribution in [3.05, 3.63) is 66.2 Å². The van der Waals surface area contributed by atoms with Gasteiger partial charge in [0, 0.05) is 37.4 Å². The fourth-order valence-electron chi connectivity index (χ4n) is 4.89. The molecule has 0 radical (unpaired) electrons. The molecule has 2 saturated heterocycles. The molecule has 0 amide bonds. The number of nitrogens with zero attached hydrogens (tertiary/aromatic N) is 2. The van der Waals surface area contributed by atoms with Crippen LogP contribution in [0.5, 0.6) is 0 Å². The highest BCUT2D eigenvalue weighted by Gasteiger charge is 2.46. The first-order valence-electron chi connectivity index (χ1n) is 16.2. The van der Waals surface area contributed by atoms with E-state index in [9.17, 15) is 24.0 Å². The van der Waals surface area contributed by atoms with Crippen molar-refractivity contribution in [2.45, 2.75) is 128 Å². The van der Waals surface area contributed by atoms with Gasteiger partial charge in [-0.2, -0.15) is 0 Å². The van der Waals surface area contributed by atoms with Crippen LogP contribution >= 0.6 is 0 Å². The van der Waals surface area contributed by atoms with E-state index in [2.05, 4.69) is 77.7 Å². The minimum atomic E-state index is -2.23. The highest BCUT2D eigenvalue weighted by atomic mass is 28.4. The summed E-state index contributed by atoms with van der Waals surface area (Å²) in [5.41, 5.74) is -2.40. The average molecular weight is 711 g/mol. The Kier molecular flexibility index (Phi) is 11.0. The second-order valence-electron chi connectivity index (χ2n) is 15.5. The molecule has 2 aromatic heterocycles. The Hall–Kier alpha value is -3.10. The molecule has 0 bridgehead atoms. The van der Waals surface area contributed by atoms with Crippen molar-refractivity contribution in [3.63, 3.8) is 0 Å². The predicted octanol–water partition coefficient (Wildman–Crippen LogP) is 3.60. The molecule has 6 atom stereocenters. The van der Waals surface area contributed by atoms with Crippen LogP contribution in [-0.2, 0) is 27.8 Å². The lowest BCUT2D eigenvalue weighted by molar-refractivity contribution is -0.0742. The van der Waals surface area contributed by atoms with Gasteiger partial charge in [0.2, 0.25) is 0 Å².